The predicted octanol–water partition coefficient (Wildman–Crippen LogP) is 5.67. The SMILES string of the molecule is CC(C)C1(Oc2cc(C(=O)OC3C4CC5CC3CC(COC(=O)C(F)(F)S(=O)(=O)[O-])(C5)C4)ccc2I)CCCC1. The van der Waals surface area contributed by atoms with E-state index in [-0.39, 0.29) is 29.5 Å². The maximum Gasteiger partial charge on any atom is 0.428 e. The first-order valence-electron chi connectivity index (χ1n) is 13.8. The van der Waals surface area contributed by atoms with Crippen molar-refractivity contribution in [1.29, 1.82) is 0 Å². The molecule has 4 bridgehead atoms. The summed E-state index contributed by atoms with van der Waals surface area (Å²) in [5.41, 5.74) is -0.441. The van der Waals surface area contributed by atoms with Gasteiger partial charge in [-0.25, -0.2) is 18.0 Å². The summed E-state index contributed by atoms with van der Waals surface area (Å²) in [6, 6.07) is 5.34. The molecule has 0 N–H and O–H groups in total. The molecule has 40 heavy (non-hydrogen) atoms. The minimum atomic E-state index is -6.17. The molecule has 5 fully saturated rings. The largest absolute Gasteiger partial charge is 0.743 e. The van der Waals surface area contributed by atoms with Gasteiger partial charge >= 0.3 is 17.2 Å². The minimum absolute atomic E-state index is 0.0279. The van der Waals surface area contributed by atoms with Gasteiger partial charge in [-0.2, -0.15) is 8.78 Å². The van der Waals surface area contributed by atoms with Gasteiger partial charge in [0, 0.05) is 5.41 Å². The molecule has 5 aliphatic rings. The fourth-order valence-corrected chi connectivity index (χ4v) is 8.52. The fourth-order valence-electron chi connectivity index (χ4n) is 7.81. The van der Waals surface area contributed by atoms with Gasteiger partial charge in [-0.05, 0) is 122 Å². The lowest BCUT2D eigenvalue weighted by molar-refractivity contribution is -0.181. The van der Waals surface area contributed by atoms with E-state index in [2.05, 4.69) is 36.4 Å². The number of hydrogen-bond donors (Lipinski definition) is 0. The number of ether oxygens (including phenoxy) is 3. The molecule has 0 heterocycles. The van der Waals surface area contributed by atoms with Crippen LogP contribution in [0.2, 0.25) is 0 Å². The van der Waals surface area contributed by atoms with Gasteiger partial charge in [0.25, 0.3) is 0 Å². The molecule has 0 spiro atoms. The number of halogens is 3. The molecule has 0 saturated heterocycles. The average molecular weight is 696 g/mol. The number of carbonyl (C=O) groups is 2. The topological polar surface area (TPSA) is 119 Å². The van der Waals surface area contributed by atoms with Gasteiger partial charge in [0.1, 0.15) is 17.5 Å². The summed E-state index contributed by atoms with van der Waals surface area (Å²) in [5, 5.41) is -5.13. The molecule has 0 aromatic heterocycles. The number of esters is 2. The second-order valence-electron chi connectivity index (χ2n) is 12.6. The standard InChI is InChI=1S/C28H35F2IO8S/c1-16(2)27(7-3-4-8-27)39-22-11-18(5-6-21(22)31)24(32)38-23-19-9-17-10-20(23)14-26(12-17,13-19)15-37-25(33)28(29,30)40(34,35)36/h5-6,11,16-17,19-20,23H,3-4,7-10,12-15H2,1-2H3,(H,34,35,36)/p-1. The lowest BCUT2D eigenvalue weighted by Gasteiger charge is -2.59. The molecule has 6 rings (SSSR count). The van der Waals surface area contributed by atoms with E-state index >= 15 is 0 Å². The van der Waals surface area contributed by atoms with Crippen LogP contribution in [0.4, 0.5) is 8.78 Å². The summed E-state index contributed by atoms with van der Waals surface area (Å²) < 4.78 is 77.9. The number of carbonyl (C=O) groups excluding carboxylic acids is 2. The highest BCUT2D eigenvalue weighted by molar-refractivity contribution is 14.1. The van der Waals surface area contributed by atoms with Crippen molar-refractivity contribution in [3.63, 3.8) is 0 Å². The molecule has 12 heteroatoms. The van der Waals surface area contributed by atoms with Crippen LogP contribution in [0.1, 0.15) is 82.0 Å². The lowest BCUT2D eigenvalue weighted by Crippen LogP contribution is -2.56. The van der Waals surface area contributed by atoms with Crippen LogP contribution in [0, 0.1) is 32.7 Å². The van der Waals surface area contributed by atoms with Crippen LogP contribution in [-0.2, 0) is 24.4 Å². The normalized spacial score (nSPS) is 30.9. The van der Waals surface area contributed by atoms with Crippen molar-refractivity contribution in [1.82, 2.24) is 0 Å². The first kappa shape index (κ1) is 29.9. The first-order chi connectivity index (χ1) is 18.6. The van der Waals surface area contributed by atoms with Gasteiger partial charge in [-0.1, -0.05) is 13.8 Å². The smallest absolute Gasteiger partial charge is 0.428 e. The van der Waals surface area contributed by atoms with Crippen LogP contribution in [-0.4, -0.2) is 48.5 Å². The summed E-state index contributed by atoms with van der Waals surface area (Å²) in [7, 11) is -6.17. The van der Waals surface area contributed by atoms with Crippen molar-refractivity contribution >= 4 is 44.6 Å². The highest BCUT2D eigenvalue weighted by Crippen LogP contribution is 2.61. The second kappa shape index (κ2) is 10.6. The van der Waals surface area contributed by atoms with E-state index in [1.807, 2.05) is 6.07 Å². The van der Waals surface area contributed by atoms with E-state index in [0.29, 0.717) is 36.5 Å². The molecule has 2 atom stereocenters. The first-order valence-corrected chi connectivity index (χ1v) is 16.3. The van der Waals surface area contributed by atoms with Gasteiger partial charge < -0.3 is 18.8 Å². The summed E-state index contributed by atoms with van der Waals surface area (Å²) in [5.74, 6) is -1.56. The Labute approximate surface area is 246 Å². The third kappa shape index (κ3) is 5.48. The van der Waals surface area contributed by atoms with Crippen LogP contribution in [0.5, 0.6) is 5.75 Å². The minimum Gasteiger partial charge on any atom is -0.743 e. The van der Waals surface area contributed by atoms with Crippen molar-refractivity contribution in [2.24, 2.45) is 29.1 Å². The summed E-state index contributed by atoms with van der Waals surface area (Å²) in [4.78, 5) is 25.1. The van der Waals surface area contributed by atoms with E-state index in [4.69, 9.17) is 14.2 Å². The number of hydrogen-bond acceptors (Lipinski definition) is 8. The average Bonchev–Trinajstić information content (AvgIpc) is 3.35. The van der Waals surface area contributed by atoms with Crippen molar-refractivity contribution in [3.8, 4) is 5.75 Å². The number of rotatable bonds is 9. The van der Waals surface area contributed by atoms with Gasteiger partial charge in [-0.3, -0.25) is 0 Å². The number of alkyl halides is 2. The number of benzene rings is 1. The zero-order valence-electron chi connectivity index (χ0n) is 22.5. The van der Waals surface area contributed by atoms with Crippen molar-refractivity contribution in [2.45, 2.75) is 88.6 Å². The van der Waals surface area contributed by atoms with Gasteiger partial charge in [-0.15, -0.1) is 0 Å². The molecule has 0 radical (unpaired) electrons. The summed E-state index contributed by atoms with van der Waals surface area (Å²) in [6.07, 6.45) is 7.10. The molecule has 1 aromatic rings. The highest BCUT2D eigenvalue weighted by Gasteiger charge is 2.58. The predicted molar refractivity (Wildman–Crippen MR) is 147 cm³/mol. The Morgan fingerprint density at radius 3 is 2.33 bits per heavy atom. The Kier molecular flexibility index (Phi) is 7.95. The zero-order chi connectivity index (χ0) is 29.1. The van der Waals surface area contributed by atoms with Crippen LogP contribution >= 0.6 is 22.6 Å². The Morgan fingerprint density at radius 2 is 1.75 bits per heavy atom. The Hall–Kier alpha value is -1.54. The molecule has 8 nitrogen and oxygen atoms in total. The van der Waals surface area contributed by atoms with Gasteiger partial charge in [0.05, 0.1) is 15.7 Å². The molecule has 1 aromatic carbocycles. The third-order valence-electron chi connectivity index (χ3n) is 9.60. The van der Waals surface area contributed by atoms with Crippen LogP contribution in [0.3, 0.4) is 0 Å². The Balaban J connectivity index is 1.26. The van der Waals surface area contributed by atoms with Crippen LogP contribution in [0.15, 0.2) is 18.2 Å². The maximum atomic E-state index is 13.6. The lowest BCUT2D eigenvalue weighted by atomic mass is 9.49. The summed E-state index contributed by atoms with van der Waals surface area (Å²) in [6.45, 7) is 3.93. The highest BCUT2D eigenvalue weighted by atomic mass is 127. The molecule has 5 aliphatic carbocycles. The molecule has 2 unspecified atom stereocenters. The van der Waals surface area contributed by atoms with Gasteiger partial charge in [0.15, 0.2) is 10.1 Å². The Bertz CT molecular complexity index is 1260. The van der Waals surface area contributed by atoms with E-state index < -0.39 is 39.3 Å². The van der Waals surface area contributed by atoms with Gasteiger partial charge in [0.2, 0.25) is 0 Å². The quantitative estimate of drug-likeness (QED) is 0.184. The van der Waals surface area contributed by atoms with E-state index in [9.17, 15) is 31.3 Å². The molecule has 0 aliphatic heterocycles. The van der Waals surface area contributed by atoms with E-state index in [1.54, 1.807) is 12.1 Å². The van der Waals surface area contributed by atoms with Crippen molar-refractivity contribution < 1.29 is 45.6 Å². The molecule has 0 amide bonds. The third-order valence-corrected chi connectivity index (χ3v) is 11.3. The molecular weight excluding hydrogens is 661 g/mol. The molecule has 5 saturated carbocycles. The van der Waals surface area contributed by atoms with Crippen molar-refractivity contribution in [3.05, 3.63) is 27.3 Å². The maximum absolute atomic E-state index is 13.6. The molecular formula is C28H34F2IO8S-. The van der Waals surface area contributed by atoms with Crippen molar-refractivity contribution in [2.75, 3.05) is 6.61 Å². The second-order valence-corrected chi connectivity index (χ2v) is 15.1. The molecule has 222 valence electrons. The van der Waals surface area contributed by atoms with E-state index in [0.717, 1.165) is 42.1 Å². The monoisotopic (exact) mass is 695 g/mol. The van der Waals surface area contributed by atoms with E-state index in [1.165, 1.54) is 0 Å². The summed E-state index contributed by atoms with van der Waals surface area (Å²) >= 11 is 2.21. The van der Waals surface area contributed by atoms with Crippen LogP contribution in [0.25, 0.3) is 0 Å². The fraction of sp³-hybridized carbons (Fsp3) is 0.714. The zero-order valence-corrected chi connectivity index (χ0v) is 25.5. The Morgan fingerprint density at radius 1 is 1.12 bits per heavy atom. The van der Waals surface area contributed by atoms with Crippen LogP contribution < -0.4 is 4.74 Å².